The van der Waals surface area contributed by atoms with E-state index >= 15 is 0 Å². The van der Waals surface area contributed by atoms with Crippen LogP contribution in [0.4, 0.5) is 18.9 Å². The van der Waals surface area contributed by atoms with Gasteiger partial charge in [0.1, 0.15) is 11.5 Å². The lowest BCUT2D eigenvalue weighted by atomic mass is 9.95. The Morgan fingerprint density at radius 3 is 2.57 bits per heavy atom. The standard InChI is InChI=1S/C28H19ClF3N3O6S/c1-3-40-26(37)22-23(15-5-7-16(29)8-6-15)34-25(36)21(42-27(34)33-24(22)28(30,31)32)13-17-9-11-20(41-17)18-10-4-14(2)12-19(18)35(38)39/h4-13,23H,3H2,1-2H3/b21-13-/t23-/m1/s1. The summed E-state index contributed by atoms with van der Waals surface area (Å²) in [7, 11) is 0. The molecule has 1 aliphatic rings. The molecule has 0 aliphatic carbocycles. The van der Waals surface area contributed by atoms with Crippen LogP contribution in [0, 0.1) is 17.0 Å². The molecule has 0 unspecified atom stereocenters. The van der Waals surface area contributed by atoms with Crippen LogP contribution in [0.2, 0.25) is 5.02 Å². The highest BCUT2D eigenvalue weighted by atomic mass is 35.5. The molecule has 9 nitrogen and oxygen atoms in total. The third-order valence-corrected chi connectivity index (χ3v) is 7.53. The maximum absolute atomic E-state index is 14.2. The van der Waals surface area contributed by atoms with E-state index < -0.39 is 39.9 Å². The normalized spacial score (nSPS) is 15.4. The number of furan rings is 1. The van der Waals surface area contributed by atoms with Crippen LogP contribution in [0.25, 0.3) is 17.4 Å². The number of aryl methyl sites for hydroxylation is 1. The van der Waals surface area contributed by atoms with Gasteiger partial charge in [-0.25, -0.2) is 9.79 Å². The molecule has 3 heterocycles. The van der Waals surface area contributed by atoms with Crippen molar-refractivity contribution in [2.24, 2.45) is 4.99 Å². The molecule has 0 amide bonds. The van der Waals surface area contributed by atoms with E-state index in [-0.39, 0.29) is 44.3 Å². The van der Waals surface area contributed by atoms with Crippen LogP contribution < -0.4 is 14.9 Å². The van der Waals surface area contributed by atoms with Crippen LogP contribution in [-0.4, -0.2) is 28.2 Å². The molecular formula is C28H19ClF3N3O6S. The number of nitro groups is 1. The fourth-order valence-electron chi connectivity index (χ4n) is 4.51. The number of aromatic nitrogens is 1. The second-order valence-corrected chi connectivity index (χ2v) is 10.5. The number of thiazole rings is 1. The first-order valence-corrected chi connectivity index (χ1v) is 13.5. The fourth-order valence-corrected chi connectivity index (χ4v) is 5.61. The van der Waals surface area contributed by atoms with Gasteiger partial charge in [0.2, 0.25) is 0 Å². The Morgan fingerprint density at radius 1 is 1.21 bits per heavy atom. The van der Waals surface area contributed by atoms with Gasteiger partial charge >= 0.3 is 12.1 Å². The Labute approximate surface area is 243 Å². The van der Waals surface area contributed by atoms with Gasteiger partial charge in [-0.2, -0.15) is 13.2 Å². The zero-order valence-electron chi connectivity index (χ0n) is 21.8. The van der Waals surface area contributed by atoms with Crippen LogP contribution in [0.1, 0.15) is 29.9 Å². The van der Waals surface area contributed by atoms with Gasteiger partial charge in [0.05, 0.1) is 33.2 Å². The van der Waals surface area contributed by atoms with E-state index in [1.807, 2.05) is 0 Å². The molecule has 1 aliphatic heterocycles. The molecule has 14 heteroatoms. The number of fused-ring (bicyclic) bond motifs is 1. The van der Waals surface area contributed by atoms with Gasteiger partial charge in [0.25, 0.3) is 11.2 Å². The molecule has 0 N–H and O–H groups in total. The number of hydrogen-bond donors (Lipinski definition) is 0. The largest absolute Gasteiger partial charge is 0.463 e. The second kappa shape index (κ2) is 11.1. The number of alkyl halides is 3. The maximum atomic E-state index is 14.2. The lowest BCUT2D eigenvalue weighted by Gasteiger charge is -2.26. The van der Waals surface area contributed by atoms with Crippen LogP contribution >= 0.6 is 22.9 Å². The third-order valence-electron chi connectivity index (χ3n) is 6.30. The molecule has 0 radical (unpaired) electrons. The van der Waals surface area contributed by atoms with Crippen molar-refractivity contribution in [1.29, 1.82) is 0 Å². The summed E-state index contributed by atoms with van der Waals surface area (Å²) in [5, 5.41) is 11.9. The molecule has 4 aromatic rings. The van der Waals surface area contributed by atoms with Crippen molar-refractivity contribution in [3.63, 3.8) is 0 Å². The van der Waals surface area contributed by atoms with E-state index in [1.165, 1.54) is 61.5 Å². The van der Waals surface area contributed by atoms with Gasteiger partial charge in [-0.1, -0.05) is 41.1 Å². The molecule has 2 aromatic carbocycles. The Hall–Kier alpha value is -4.49. The highest BCUT2D eigenvalue weighted by Gasteiger charge is 2.45. The van der Waals surface area contributed by atoms with Crippen molar-refractivity contribution >= 4 is 40.7 Å². The molecular weight excluding hydrogens is 599 g/mol. The molecule has 0 bridgehead atoms. The van der Waals surface area contributed by atoms with E-state index in [0.29, 0.717) is 21.9 Å². The average molecular weight is 618 g/mol. The summed E-state index contributed by atoms with van der Waals surface area (Å²) in [5.74, 6) is -0.990. The number of nitro benzene ring substituents is 1. The summed E-state index contributed by atoms with van der Waals surface area (Å²) in [5.41, 5.74) is -2.15. The second-order valence-electron chi connectivity index (χ2n) is 9.09. The SMILES string of the molecule is CCOC(=O)C1=C(C(F)(F)F)N=c2s/c(=C\c3ccc(-c4ccc(C)cc4[N+](=O)[O-])o3)c(=O)n2[C@@H]1c1ccc(Cl)cc1. The molecule has 5 rings (SSSR count). The molecule has 0 spiro atoms. The predicted octanol–water partition coefficient (Wildman–Crippen LogP) is 5.47. The quantitative estimate of drug-likeness (QED) is 0.161. The minimum atomic E-state index is -5.04. The summed E-state index contributed by atoms with van der Waals surface area (Å²) in [6, 6.07) is 11.7. The lowest BCUT2D eigenvalue weighted by Crippen LogP contribution is -2.41. The zero-order valence-corrected chi connectivity index (χ0v) is 23.3. The van der Waals surface area contributed by atoms with Crippen LogP contribution in [-0.2, 0) is 9.53 Å². The number of ether oxygens (including phenoxy) is 1. The summed E-state index contributed by atoms with van der Waals surface area (Å²) >= 11 is 6.65. The van der Waals surface area contributed by atoms with Crippen molar-refractivity contribution < 1.29 is 32.0 Å². The van der Waals surface area contributed by atoms with Crippen molar-refractivity contribution in [3.05, 3.63) is 118 Å². The molecule has 2 aromatic heterocycles. The first-order valence-electron chi connectivity index (χ1n) is 12.3. The van der Waals surface area contributed by atoms with E-state index in [2.05, 4.69) is 4.99 Å². The average Bonchev–Trinajstić information content (AvgIpc) is 3.52. The molecule has 1 atom stereocenters. The number of halogens is 4. The van der Waals surface area contributed by atoms with Gasteiger partial charge in [-0.05, 0) is 55.3 Å². The monoisotopic (exact) mass is 617 g/mol. The smallest absolute Gasteiger partial charge is 0.434 e. The lowest BCUT2D eigenvalue weighted by molar-refractivity contribution is -0.384. The Morgan fingerprint density at radius 2 is 1.93 bits per heavy atom. The topological polar surface area (TPSA) is 117 Å². The van der Waals surface area contributed by atoms with Crippen LogP contribution in [0.15, 0.2) is 80.1 Å². The Bertz CT molecular complexity index is 1940. The maximum Gasteiger partial charge on any atom is 0.434 e. The number of hydrogen-bond acceptors (Lipinski definition) is 8. The van der Waals surface area contributed by atoms with Crippen LogP contribution in [0.3, 0.4) is 0 Å². The molecule has 0 saturated carbocycles. The van der Waals surface area contributed by atoms with E-state index in [1.54, 1.807) is 13.0 Å². The van der Waals surface area contributed by atoms with Crippen molar-refractivity contribution in [1.82, 2.24) is 4.57 Å². The minimum Gasteiger partial charge on any atom is -0.463 e. The molecule has 0 fully saturated rings. The number of nitrogens with zero attached hydrogens (tertiary/aromatic N) is 3. The van der Waals surface area contributed by atoms with Gasteiger partial charge in [-0.3, -0.25) is 19.5 Å². The van der Waals surface area contributed by atoms with Gasteiger partial charge in [0, 0.05) is 17.2 Å². The summed E-state index contributed by atoms with van der Waals surface area (Å²) in [4.78, 5) is 41.0. The highest BCUT2D eigenvalue weighted by Crippen LogP contribution is 2.38. The Balaban J connectivity index is 1.70. The molecule has 42 heavy (non-hydrogen) atoms. The number of rotatable bonds is 6. The first kappa shape index (κ1) is 29.0. The summed E-state index contributed by atoms with van der Waals surface area (Å²) in [6.07, 6.45) is -3.74. The first-order chi connectivity index (χ1) is 19.9. The number of carbonyl (C=O) groups is 1. The van der Waals surface area contributed by atoms with Crippen molar-refractivity contribution in [3.8, 4) is 11.3 Å². The van der Waals surface area contributed by atoms with E-state index in [9.17, 15) is 32.9 Å². The van der Waals surface area contributed by atoms with Gasteiger partial charge < -0.3 is 9.15 Å². The highest BCUT2D eigenvalue weighted by molar-refractivity contribution is 7.07. The Kier molecular flexibility index (Phi) is 7.64. The fraction of sp³-hybridized carbons (Fsp3) is 0.179. The summed E-state index contributed by atoms with van der Waals surface area (Å²) < 4.78 is 54.4. The zero-order chi connectivity index (χ0) is 30.3. The number of allylic oxidation sites excluding steroid dienone is 1. The van der Waals surface area contributed by atoms with E-state index in [4.69, 9.17) is 20.8 Å². The summed E-state index contributed by atoms with van der Waals surface area (Å²) in [6.45, 7) is 2.95. The predicted molar refractivity (Wildman–Crippen MR) is 148 cm³/mol. The number of benzene rings is 2. The third kappa shape index (κ3) is 5.40. The number of carbonyl (C=O) groups excluding carboxylic acids is 1. The van der Waals surface area contributed by atoms with E-state index in [0.717, 1.165) is 4.57 Å². The molecule has 0 saturated heterocycles. The van der Waals surface area contributed by atoms with Crippen LogP contribution in [0.5, 0.6) is 0 Å². The van der Waals surface area contributed by atoms with Crippen molar-refractivity contribution in [2.75, 3.05) is 6.61 Å². The molecule has 216 valence electrons. The number of esters is 1. The van der Waals surface area contributed by atoms with Gasteiger partial charge in [0.15, 0.2) is 10.5 Å². The van der Waals surface area contributed by atoms with Crippen molar-refractivity contribution in [2.45, 2.75) is 26.1 Å². The minimum absolute atomic E-state index is 0.0429. The van der Waals surface area contributed by atoms with Gasteiger partial charge in [-0.15, -0.1) is 0 Å².